The number of halogens is 1. The fraction of sp³-hybridized carbons (Fsp3) is 0.417. The van der Waals surface area contributed by atoms with Crippen molar-refractivity contribution in [2.75, 3.05) is 20.3 Å². The van der Waals surface area contributed by atoms with E-state index in [4.69, 9.17) is 30.9 Å². The van der Waals surface area contributed by atoms with Gasteiger partial charge in [0, 0.05) is 0 Å². The highest BCUT2D eigenvalue weighted by atomic mass is 35.5. The first-order valence-corrected chi connectivity index (χ1v) is 5.75. The Balaban J connectivity index is 2.84. The Morgan fingerprint density at radius 1 is 1.44 bits per heavy atom. The van der Waals surface area contributed by atoms with Gasteiger partial charge in [-0.25, -0.2) is 4.79 Å². The molecule has 100 valence electrons. The molecule has 0 amide bonds. The number of benzene rings is 1. The molecule has 1 aromatic rings. The van der Waals surface area contributed by atoms with E-state index in [0.717, 1.165) is 0 Å². The summed E-state index contributed by atoms with van der Waals surface area (Å²) >= 11 is 5.98. The second kappa shape index (κ2) is 7.08. The van der Waals surface area contributed by atoms with Crippen molar-refractivity contribution in [1.29, 1.82) is 0 Å². The molecule has 0 aromatic heterocycles. The summed E-state index contributed by atoms with van der Waals surface area (Å²) in [5.74, 6) is 0.127. The monoisotopic (exact) mass is 274 g/mol. The first-order valence-electron chi connectivity index (χ1n) is 5.38. The Hall–Kier alpha value is -1.46. The maximum absolute atomic E-state index is 11.2. The van der Waals surface area contributed by atoms with Crippen LogP contribution >= 0.6 is 11.6 Å². The number of ether oxygens (including phenoxy) is 3. The van der Waals surface area contributed by atoms with E-state index in [1.807, 2.05) is 0 Å². The summed E-state index contributed by atoms with van der Waals surface area (Å²) < 4.78 is 15.1. The number of hydrogen-bond acceptors (Lipinski definition) is 5. The van der Waals surface area contributed by atoms with Gasteiger partial charge in [0.2, 0.25) is 0 Å². The maximum atomic E-state index is 11.2. The Morgan fingerprint density at radius 3 is 2.72 bits per heavy atom. The van der Waals surface area contributed by atoms with Crippen molar-refractivity contribution in [2.24, 2.45) is 0 Å². The molecule has 0 aliphatic heterocycles. The zero-order valence-corrected chi connectivity index (χ0v) is 11.0. The van der Waals surface area contributed by atoms with Gasteiger partial charge in [0.25, 0.3) is 0 Å². The lowest BCUT2D eigenvalue weighted by molar-refractivity contribution is -0.145. The lowest BCUT2D eigenvalue weighted by Gasteiger charge is -2.13. The van der Waals surface area contributed by atoms with E-state index in [2.05, 4.69) is 0 Å². The van der Waals surface area contributed by atoms with Crippen molar-refractivity contribution < 1.29 is 24.1 Å². The molecule has 0 aliphatic rings. The minimum Gasteiger partial charge on any atom is -0.493 e. The molecule has 1 N–H and O–H groups in total. The Labute approximate surface area is 110 Å². The molecule has 18 heavy (non-hydrogen) atoms. The molecule has 0 heterocycles. The van der Waals surface area contributed by atoms with E-state index in [0.29, 0.717) is 11.3 Å². The molecule has 1 rings (SSSR count). The van der Waals surface area contributed by atoms with Gasteiger partial charge in [-0.3, -0.25) is 0 Å². The van der Waals surface area contributed by atoms with Crippen LogP contribution in [0.5, 0.6) is 11.5 Å². The molecule has 0 fully saturated rings. The highest BCUT2D eigenvalue weighted by Crippen LogP contribution is 2.36. The molecule has 0 saturated heterocycles. The van der Waals surface area contributed by atoms with Crippen LogP contribution in [0.15, 0.2) is 12.1 Å². The van der Waals surface area contributed by atoms with Gasteiger partial charge in [0.15, 0.2) is 18.1 Å². The summed E-state index contributed by atoms with van der Waals surface area (Å²) in [6, 6.07) is 3.14. The third-order valence-electron chi connectivity index (χ3n) is 2.11. The van der Waals surface area contributed by atoms with Crippen molar-refractivity contribution in [3.8, 4) is 11.5 Å². The number of methoxy groups -OCH3 is 1. The SMILES string of the molecule is CCOC(=O)COc1c(Cl)cc(CO)cc1OC. The van der Waals surface area contributed by atoms with Crippen molar-refractivity contribution >= 4 is 17.6 Å². The van der Waals surface area contributed by atoms with E-state index in [9.17, 15) is 4.79 Å². The molecular weight excluding hydrogens is 260 g/mol. The van der Waals surface area contributed by atoms with Gasteiger partial charge < -0.3 is 19.3 Å². The Kier molecular flexibility index (Phi) is 5.74. The van der Waals surface area contributed by atoms with Crippen molar-refractivity contribution in [1.82, 2.24) is 0 Å². The number of rotatable bonds is 6. The smallest absolute Gasteiger partial charge is 0.344 e. The summed E-state index contributed by atoms with van der Waals surface area (Å²) in [4.78, 5) is 11.2. The zero-order valence-electron chi connectivity index (χ0n) is 10.2. The summed E-state index contributed by atoms with van der Waals surface area (Å²) in [5, 5.41) is 9.30. The van der Waals surface area contributed by atoms with E-state index in [-0.39, 0.29) is 30.6 Å². The number of aliphatic hydroxyl groups excluding tert-OH is 1. The van der Waals surface area contributed by atoms with Crippen LogP contribution in [-0.2, 0) is 16.1 Å². The topological polar surface area (TPSA) is 65.0 Å². The van der Waals surface area contributed by atoms with E-state index in [1.165, 1.54) is 7.11 Å². The second-order valence-corrected chi connectivity index (χ2v) is 3.77. The molecule has 5 nitrogen and oxygen atoms in total. The predicted molar refractivity (Wildman–Crippen MR) is 66.1 cm³/mol. The standard InChI is InChI=1S/C12H15ClO5/c1-3-17-11(15)7-18-12-9(13)4-8(6-14)5-10(12)16-2/h4-5,14H,3,6-7H2,1-2H3. The van der Waals surface area contributed by atoms with Gasteiger partial charge in [-0.15, -0.1) is 0 Å². The summed E-state index contributed by atoms with van der Waals surface area (Å²) in [7, 11) is 1.45. The molecule has 0 saturated carbocycles. The van der Waals surface area contributed by atoms with E-state index >= 15 is 0 Å². The van der Waals surface area contributed by atoms with Gasteiger partial charge in [-0.05, 0) is 24.6 Å². The van der Waals surface area contributed by atoms with Gasteiger partial charge in [0.1, 0.15) is 0 Å². The fourth-order valence-corrected chi connectivity index (χ4v) is 1.63. The minimum atomic E-state index is -0.484. The van der Waals surface area contributed by atoms with Crippen LogP contribution in [0.1, 0.15) is 12.5 Å². The van der Waals surface area contributed by atoms with Crippen LogP contribution in [0, 0.1) is 0 Å². The first-order chi connectivity index (χ1) is 8.62. The van der Waals surface area contributed by atoms with Gasteiger partial charge >= 0.3 is 5.97 Å². The maximum Gasteiger partial charge on any atom is 0.344 e. The largest absolute Gasteiger partial charge is 0.493 e. The Bertz CT molecular complexity index is 419. The molecule has 0 atom stereocenters. The average molecular weight is 275 g/mol. The average Bonchev–Trinajstić information content (AvgIpc) is 2.36. The van der Waals surface area contributed by atoms with Crippen LogP contribution in [0.4, 0.5) is 0 Å². The third-order valence-corrected chi connectivity index (χ3v) is 2.39. The van der Waals surface area contributed by atoms with Crippen molar-refractivity contribution in [2.45, 2.75) is 13.5 Å². The van der Waals surface area contributed by atoms with Crippen molar-refractivity contribution in [3.63, 3.8) is 0 Å². The quantitative estimate of drug-likeness (QED) is 0.801. The highest BCUT2D eigenvalue weighted by Gasteiger charge is 2.13. The number of hydrogen-bond donors (Lipinski definition) is 1. The molecule has 1 aromatic carbocycles. The minimum absolute atomic E-state index is 0.158. The molecule has 0 unspecified atom stereocenters. The van der Waals surface area contributed by atoms with E-state index < -0.39 is 5.97 Å². The number of esters is 1. The van der Waals surface area contributed by atoms with Crippen LogP contribution in [0.3, 0.4) is 0 Å². The van der Waals surface area contributed by atoms with Gasteiger partial charge in [0.05, 0.1) is 25.3 Å². The molecule has 0 aliphatic carbocycles. The summed E-state index contributed by atoms with van der Waals surface area (Å²) in [5.41, 5.74) is 0.598. The van der Waals surface area contributed by atoms with Crippen LogP contribution in [0.25, 0.3) is 0 Å². The predicted octanol–water partition coefficient (Wildman–Crippen LogP) is 1.78. The number of aliphatic hydroxyl groups is 1. The lowest BCUT2D eigenvalue weighted by Crippen LogP contribution is -2.15. The van der Waals surface area contributed by atoms with Crippen LogP contribution in [0.2, 0.25) is 5.02 Å². The summed E-state index contributed by atoms with van der Waals surface area (Å²) in [6.45, 7) is 1.59. The molecule has 0 radical (unpaired) electrons. The van der Waals surface area contributed by atoms with Gasteiger partial charge in [-0.1, -0.05) is 11.6 Å². The second-order valence-electron chi connectivity index (χ2n) is 3.36. The number of carbonyl (C=O) groups is 1. The summed E-state index contributed by atoms with van der Waals surface area (Å²) in [6.07, 6.45) is 0. The molecule has 0 spiro atoms. The lowest BCUT2D eigenvalue weighted by atomic mass is 10.2. The third kappa shape index (κ3) is 3.78. The van der Waals surface area contributed by atoms with Crippen LogP contribution < -0.4 is 9.47 Å². The molecular formula is C12H15ClO5. The highest BCUT2D eigenvalue weighted by molar-refractivity contribution is 6.32. The zero-order chi connectivity index (χ0) is 13.5. The fourth-order valence-electron chi connectivity index (χ4n) is 1.34. The number of carbonyl (C=O) groups excluding carboxylic acids is 1. The first kappa shape index (κ1) is 14.6. The Morgan fingerprint density at radius 2 is 2.17 bits per heavy atom. The normalized spacial score (nSPS) is 10.0. The molecule has 0 bridgehead atoms. The van der Waals surface area contributed by atoms with E-state index in [1.54, 1.807) is 19.1 Å². The molecule has 6 heteroatoms. The van der Waals surface area contributed by atoms with Crippen LogP contribution in [-0.4, -0.2) is 31.4 Å². The van der Waals surface area contributed by atoms with Crippen molar-refractivity contribution in [3.05, 3.63) is 22.7 Å². The van der Waals surface area contributed by atoms with Gasteiger partial charge in [-0.2, -0.15) is 0 Å².